The van der Waals surface area contributed by atoms with Crippen LogP contribution in [0.5, 0.6) is 0 Å². The monoisotopic (exact) mass is 141 g/mol. The Morgan fingerprint density at radius 2 is 2.50 bits per heavy atom. The van der Waals surface area contributed by atoms with E-state index >= 15 is 0 Å². The van der Waals surface area contributed by atoms with Gasteiger partial charge in [-0.25, -0.2) is 0 Å². The van der Waals surface area contributed by atoms with Gasteiger partial charge < -0.3 is 10.1 Å². The fraction of sp³-hybridized carbons (Fsp3) is 0.875. The molecule has 1 fully saturated rings. The van der Waals surface area contributed by atoms with Crippen molar-refractivity contribution in [2.45, 2.75) is 32.2 Å². The molecular weight excluding hydrogens is 126 g/mol. The summed E-state index contributed by atoms with van der Waals surface area (Å²) in [5.41, 5.74) is 0. The van der Waals surface area contributed by atoms with E-state index in [9.17, 15) is 4.79 Å². The number of hydrogen-bond acceptors (Lipinski definition) is 2. The minimum Gasteiger partial charge on any atom is -0.307 e. The Balaban J connectivity index is 2.34. The van der Waals surface area contributed by atoms with Gasteiger partial charge in [0.1, 0.15) is 6.29 Å². The van der Waals surface area contributed by atoms with Crippen LogP contribution in [0.15, 0.2) is 0 Å². The third-order valence-electron chi connectivity index (χ3n) is 2.21. The quantitative estimate of drug-likeness (QED) is 0.593. The fourth-order valence-electron chi connectivity index (χ4n) is 1.64. The molecule has 1 rings (SSSR count). The van der Waals surface area contributed by atoms with E-state index in [-0.39, 0.29) is 6.04 Å². The van der Waals surface area contributed by atoms with E-state index in [1.807, 2.05) is 0 Å². The van der Waals surface area contributed by atoms with Crippen LogP contribution in [0.1, 0.15) is 26.2 Å². The Morgan fingerprint density at radius 3 is 3.10 bits per heavy atom. The van der Waals surface area contributed by atoms with Gasteiger partial charge in [0.15, 0.2) is 0 Å². The minimum absolute atomic E-state index is 0.153. The summed E-state index contributed by atoms with van der Waals surface area (Å²) < 4.78 is 0. The Hall–Kier alpha value is -0.370. The number of nitrogens with one attached hydrogen (secondary N) is 1. The van der Waals surface area contributed by atoms with Gasteiger partial charge >= 0.3 is 0 Å². The first kappa shape index (κ1) is 7.73. The molecular formula is C8H15NO. The van der Waals surface area contributed by atoms with Crippen LogP contribution in [0.2, 0.25) is 0 Å². The van der Waals surface area contributed by atoms with Crippen molar-refractivity contribution in [2.75, 3.05) is 6.54 Å². The first-order chi connectivity index (χ1) is 4.88. The average molecular weight is 141 g/mol. The first-order valence-electron chi connectivity index (χ1n) is 4.07. The maximum absolute atomic E-state index is 10.4. The van der Waals surface area contributed by atoms with Gasteiger partial charge in [-0.15, -0.1) is 0 Å². The second kappa shape index (κ2) is 3.71. The van der Waals surface area contributed by atoms with E-state index in [0.717, 1.165) is 12.8 Å². The van der Waals surface area contributed by atoms with Crippen LogP contribution < -0.4 is 5.32 Å². The van der Waals surface area contributed by atoms with Crippen molar-refractivity contribution in [1.82, 2.24) is 5.32 Å². The van der Waals surface area contributed by atoms with E-state index in [2.05, 4.69) is 12.2 Å². The molecule has 1 heterocycles. The molecule has 1 aliphatic rings. The Kier molecular flexibility index (Phi) is 2.87. The van der Waals surface area contributed by atoms with E-state index in [1.54, 1.807) is 0 Å². The third kappa shape index (κ3) is 1.57. The minimum atomic E-state index is 0.153. The predicted octanol–water partition coefficient (Wildman–Crippen LogP) is 0.963. The molecule has 1 aliphatic heterocycles. The van der Waals surface area contributed by atoms with Gasteiger partial charge in [0.2, 0.25) is 0 Å². The molecule has 0 radical (unpaired) electrons. The molecule has 2 heteroatoms. The zero-order valence-corrected chi connectivity index (χ0v) is 6.47. The molecule has 0 aromatic rings. The first-order valence-corrected chi connectivity index (χ1v) is 4.07. The van der Waals surface area contributed by atoms with Gasteiger partial charge in [0, 0.05) is 0 Å². The van der Waals surface area contributed by atoms with Crippen molar-refractivity contribution in [3.05, 3.63) is 0 Å². The van der Waals surface area contributed by atoms with E-state index in [1.165, 1.54) is 19.3 Å². The Labute approximate surface area is 62.0 Å². The summed E-state index contributed by atoms with van der Waals surface area (Å²) in [6.07, 6.45) is 4.61. The van der Waals surface area contributed by atoms with Crippen molar-refractivity contribution < 1.29 is 4.79 Å². The second-order valence-corrected chi connectivity index (χ2v) is 2.95. The highest BCUT2D eigenvalue weighted by Gasteiger charge is 2.24. The highest BCUT2D eigenvalue weighted by molar-refractivity contribution is 5.58. The van der Waals surface area contributed by atoms with Crippen molar-refractivity contribution in [3.63, 3.8) is 0 Å². The second-order valence-electron chi connectivity index (χ2n) is 2.95. The number of carbonyl (C=O) groups excluding carboxylic acids is 1. The van der Waals surface area contributed by atoms with Crippen molar-refractivity contribution in [3.8, 4) is 0 Å². The van der Waals surface area contributed by atoms with Crippen LogP contribution >= 0.6 is 0 Å². The Morgan fingerprint density at radius 1 is 1.70 bits per heavy atom. The SMILES string of the molecule is CCCC1CCN[C@H]1C=O. The Bertz CT molecular complexity index is 114. The number of aldehydes is 1. The highest BCUT2D eigenvalue weighted by atomic mass is 16.1. The molecule has 0 aliphatic carbocycles. The van der Waals surface area contributed by atoms with Crippen molar-refractivity contribution in [1.29, 1.82) is 0 Å². The fourth-order valence-corrected chi connectivity index (χ4v) is 1.64. The smallest absolute Gasteiger partial charge is 0.137 e. The third-order valence-corrected chi connectivity index (χ3v) is 2.21. The maximum Gasteiger partial charge on any atom is 0.137 e. The lowest BCUT2D eigenvalue weighted by Crippen LogP contribution is -2.28. The summed E-state index contributed by atoms with van der Waals surface area (Å²) in [5.74, 6) is 0.613. The van der Waals surface area contributed by atoms with Crippen LogP contribution in [0, 0.1) is 5.92 Å². The summed E-state index contributed by atoms with van der Waals surface area (Å²) in [5, 5.41) is 3.17. The van der Waals surface area contributed by atoms with Crippen LogP contribution in [0.3, 0.4) is 0 Å². The molecule has 0 saturated carbocycles. The summed E-state index contributed by atoms with van der Waals surface area (Å²) in [6, 6.07) is 0.153. The lowest BCUT2D eigenvalue weighted by molar-refractivity contribution is -0.110. The number of hydrogen-bond donors (Lipinski definition) is 1. The van der Waals surface area contributed by atoms with E-state index < -0.39 is 0 Å². The van der Waals surface area contributed by atoms with Crippen molar-refractivity contribution in [2.24, 2.45) is 5.92 Å². The van der Waals surface area contributed by atoms with E-state index in [4.69, 9.17) is 0 Å². The molecule has 58 valence electrons. The molecule has 0 aromatic heterocycles. The molecule has 0 bridgehead atoms. The normalized spacial score (nSPS) is 32.5. The van der Waals surface area contributed by atoms with Crippen LogP contribution in [0.4, 0.5) is 0 Å². The highest BCUT2D eigenvalue weighted by Crippen LogP contribution is 2.18. The summed E-state index contributed by atoms with van der Waals surface area (Å²) >= 11 is 0. The molecule has 2 atom stereocenters. The van der Waals surface area contributed by atoms with Crippen molar-refractivity contribution >= 4 is 6.29 Å². The van der Waals surface area contributed by atoms with E-state index in [0.29, 0.717) is 5.92 Å². The van der Waals surface area contributed by atoms with Crippen LogP contribution in [0.25, 0.3) is 0 Å². The van der Waals surface area contributed by atoms with Gasteiger partial charge in [0.25, 0.3) is 0 Å². The van der Waals surface area contributed by atoms with Gasteiger partial charge in [-0.2, -0.15) is 0 Å². The van der Waals surface area contributed by atoms with Gasteiger partial charge in [0.05, 0.1) is 6.04 Å². The topological polar surface area (TPSA) is 29.1 Å². The predicted molar refractivity (Wildman–Crippen MR) is 40.9 cm³/mol. The van der Waals surface area contributed by atoms with Gasteiger partial charge in [-0.3, -0.25) is 0 Å². The average Bonchev–Trinajstić information content (AvgIpc) is 2.36. The zero-order valence-electron chi connectivity index (χ0n) is 6.47. The largest absolute Gasteiger partial charge is 0.307 e. The zero-order chi connectivity index (χ0) is 7.40. The standard InChI is InChI=1S/C8H15NO/c1-2-3-7-4-5-9-8(7)6-10/h6-9H,2-5H2,1H3/t7?,8-/m0/s1. The lowest BCUT2D eigenvalue weighted by atomic mass is 9.97. The molecule has 1 N–H and O–H groups in total. The summed E-state index contributed by atoms with van der Waals surface area (Å²) in [7, 11) is 0. The van der Waals surface area contributed by atoms with Crippen LogP contribution in [-0.4, -0.2) is 18.9 Å². The molecule has 0 aromatic carbocycles. The maximum atomic E-state index is 10.4. The molecule has 0 spiro atoms. The molecule has 10 heavy (non-hydrogen) atoms. The van der Waals surface area contributed by atoms with Gasteiger partial charge in [-0.05, 0) is 25.3 Å². The summed E-state index contributed by atoms with van der Waals surface area (Å²) in [4.78, 5) is 10.4. The summed E-state index contributed by atoms with van der Waals surface area (Å²) in [6.45, 7) is 3.19. The molecule has 2 nitrogen and oxygen atoms in total. The van der Waals surface area contributed by atoms with Crippen LogP contribution in [-0.2, 0) is 4.79 Å². The number of rotatable bonds is 3. The number of carbonyl (C=O) groups is 1. The molecule has 1 saturated heterocycles. The molecule has 1 unspecified atom stereocenters. The lowest BCUT2D eigenvalue weighted by Gasteiger charge is -2.11. The molecule has 0 amide bonds. The van der Waals surface area contributed by atoms with Gasteiger partial charge in [-0.1, -0.05) is 13.3 Å².